The molecule has 23 heavy (non-hydrogen) atoms. The van der Waals surface area contributed by atoms with Crippen molar-refractivity contribution in [3.8, 4) is 0 Å². The van der Waals surface area contributed by atoms with Crippen LogP contribution in [0.3, 0.4) is 0 Å². The van der Waals surface area contributed by atoms with Crippen molar-refractivity contribution in [3.63, 3.8) is 0 Å². The van der Waals surface area contributed by atoms with Gasteiger partial charge in [0.1, 0.15) is 0 Å². The van der Waals surface area contributed by atoms with Crippen LogP contribution in [0, 0.1) is 5.92 Å². The molecule has 1 aromatic carbocycles. The smallest absolute Gasteiger partial charge is 0.246 e. The van der Waals surface area contributed by atoms with Crippen LogP contribution >= 0.6 is 0 Å². The molecule has 3 rings (SSSR count). The molecule has 0 radical (unpaired) electrons. The van der Waals surface area contributed by atoms with Crippen molar-refractivity contribution in [1.82, 2.24) is 9.88 Å². The Morgan fingerprint density at radius 3 is 3.00 bits per heavy atom. The lowest BCUT2D eigenvalue weighted by Crippen LogP contribution is -2.30. The number of amides is 1. The van der Waals surface area contributed by atoms with Gasteiger partial charge in [-0.15, -0.1) is 0 Å². The second-order valence-corrected chi connectivity index (χ2v) is 6.39. The highest BCUT2D eigenvalue weighted by Crippen LogP contribution is 2.24. The summed E-state index contributed by atoms with van der Waals surface area (Å²) in [5.41, 5.74) is 2.08. The lowest BCUT2D eigenvalue weighted by molar-refractivity contribution is -0.125. The summed E-state index contributed by atoms with van der Waals surface area (Å²) >= 11 is 0. The number of carbonyl (C=O) groups is 1. The fourth-order valence-electron chi connectivity index (χ4n) is 2.90. The first-order chi connectivity index (χ1) is 11.1. The first kappa shape index (κ1) is 15.5. The molecule has 2 aromatic rings. The molecule has 1 atom stereocenters. The average molecular weight is 309 g/mol. The van der Waals surface area contributed by atoms with E-state index >= 15 is 0 Å². The van der Waals surface area contributed by atoms with E-state index in [0.717, 1.165) is 36.1 Å². The Hall–Kier alpha value is -2.36. The standard InChI is InChI=1S/C19H23N3O/c1-14(2)7-8-19(23)22-12-10-15(13-22)21-18-9-11-20-17-6-4-3-5-16(17)18/h3-9,11,14-15H,10,12-13H2,1-2H3,(H,20,21)/b8-7+/t15-/m0/s1. The number of rotatable bonds is 4. The summed E-state index contributed by atoms with van der Waals surface area (Å²) in [6.07, 6.45) is 6.46. The second kappa shape index (κ2) is 6.82. The minimum Gasteiger partial charge on any atom is -0.380 e. The number of para-hydroxylation sites is 1. The van der Waals surface area contributed by atoms with Crippen LogP contribution in [0.15, 0.2) is 48.7 Å². The minimum absolute atomic E-state index is 0.114. The van der Waals surface area contributed by atoms with Crippen LogP contribution in [0.4, 0.5) is 5.69 Å². The average Bonchev–Trinajstić information content (AvgIpc) is 3.01. The van der Waals surface area contributed by atoms with Gasteiger partial charge in [0.2, 0.25) is 5.91 Å². The number of nitrogens with zero attached hydrogens (tertiary/aromatic N) is 2. The van der Waals surface area contributed by atoms with Gasteiger partial charge in [0.25, 0.3) is 0 Å². The molecule has 1 amide bonds. The molecule has 1 fully saturated rings. The Labute approximate surface area is 137 Å². The number of hydrogen-bond acceptors (Lipinski definition) is 3. The van der Waals surface area contributed by atoms with Gasteiger partial charge in [-0.2, -0.15) is 0 Å². The van der Waals surface area contributed by atoms with Gasteiger partial charge in [-0.05, 0) is 30.5 Å². The molecule has 1 aliphatic heterocycles. The Morgan fingerprint density at radius 2 is 2.17 bits per heavy atom. The zero-order valence-electron chi connectivity index (χ0n) is 13.7. The maximum absolute atomic E-state index is 12.2. The number of aromatic nitrogens is 1. The van der Waals surface area contributed by atoms with Gasteiger partial charge in [-0.25, -0.2) is 0 Å². The third-order valence-electron chi connectivity index (χ3n) is 4.13. The molecule has 120 valence electrons. The van der Waals surface area contributed by atoms with E-state index in [1.807, 2.05) is 41.4 Å². The molecule has 1 aliphatic rings. The lowest BCUT2D eigenvalue weighted by Gasteiger charge is -2.17. The van der Waals surface area contributed by atoms with E-state index < -0.39 is 0 Å². The summed E-state index contributed by atoms with van der Waals surface area (Å²) < 4.78 is 0. The summed E-state index contributed by atoms with van der Waals surface area (Å²) in [5.74, 6) is 0.515. The zero-order chi connectivity index (χ0) is 16.2. The fraction of sp³-hybridized carbons (Fsp3) is 0.368. The summed E-state index contributed by atoms with van der Waals surface area (Å²) in [4.78, 5) is 18.5. The number of hydrogen-bond donors (Lipinski definition) is 1. The third-order valence-corrected chi connectivity index (χ3v) is 4.13. The lowest BCUT2D eigenvalue weighted by atomic mass is 10.1. The number of anilines is 1. The Morgan fingerprint density at radius 1 is 1.35 bits per heavy atom. The number of benzene rings is 1. The van der Waals surface area contributed by atoms with Crippen molar-refractivity contribution in [2.75, 3.05) is 18.4 Å². The Kier molecular flexibility index (Phi) is 4.60. The molecule has 4 heteroatoms. The van der Waals surface area contributed by atoms with E-state index in [2.05, 4.69) is 30.2 Å². The quantitative estimate of drug-likeness (QED) is 0.880. The molecular formula is C19H23N3O. The largest absolute Gasteiger partial charge is 0.380 e. The first-order valence-corrected chi connectivity index (χ1v) is 8.21. The molecule has 1 N–H and O–H groups in total. The number of carbonyl (C=O) groups excluding carboxylic acids is 1. The van der Waals surface area contributed by atoms with Gasteiger partial charge in [0, 0.05) is 36.4 Å². The van der Waals surface area contributed by atoms with Crippen LogP contribution in [0.5, 0.6) is 0 Å². The monoisotopic (exact) mass is 309 g/mol. The predicted octanol–water partition coefficient (Wildman–Crippen LogP) is 3.46. The summed E-state index contributed by atoms with van der Waals surface area (Å²) in [6.45, 7) is 5.71. The van der Waals surface area contributed by atoms with E-state index in [1.165, 1.54) is 0 Å². The van der Waals surface area contributed by atoms with E-state index in [4.69, 9.17) is 0 Å². The molecule has 0 spiro atoms. The Balaban J connectivity index is 1.67. The van der Waals surface area contributed by atoms with Crippen molar-refractivity contribution in [2.45, 2.75) is 26.3 Å². The molecule has 0 bridgehead atoms. The van der Waals surface area contributed by atoms with E-state index in [0.29, 0.717) is 5.92 Å². The normalized spacial score (nSPS) is 18.2. The maximum Gasteiger partial charge on any atom is 0.246 e. The number of allylic oxidation sites excluding steroid dienone is 1. The minimum atomic E-state index is 0.114. The van der Waals surface area contributed by atoms with Crippen molar-refractivity contribution < 1.29 is 4.79 Å². The van der Waals surface area contributed by atoms with Crippen molar-refractivity contribution in [3.05, 3.63) is 48.7 Å². The second-order valence-electron chi connectivity index (χ2n) is 6.39. The Bertz CT molecular complexity index is 718. The summed E-state index contributed by atoms with van der Waals surface area (Å²) in [7, 11) is 0. The van der Waals surface area contributed by atoms with Gasteiger partial charge in [0.05, 0.1) is 5.52 Å². The van der Waals surface area contributed by atoms with Crippen LogP contribution in [0.2, 0.25) is 0 Å². The number of likely N-dealkylation sites (tertiary alicyclic amines) is 1. The van der Waals surface area contributed by atoms with Crippen LogP contribution < -0.4 is 5.32 Å². The van der Waals surface area contributed by atoms with E-state index in [1.54, 1.807) is 6.08 Å². The number of nitrogens with one attached hydrogen (secondary N) is 1. The molecule has 1 aromatic heterocycles. The first-order valence-electron chi connectivity index (χ1n) is 8.21. The van der Waals surface area contributed by atoms with Crippen LogP contribution in [-0.4, -0.2) is 34.9 Å². The SMILES string of the molecule is CC(C)/C=C/C(=O)N1CC[C@H](Nc2ccnc3ccccc23)C1. The van der Waals surface area contributed by atoms with E-state index in [9.17, 15) is 4.79 Å². The van der Waals surface area contributed by atoms with Crippen molar-refractivity contribution in [1.29, 1.82) is 0 Å². The molecule has 4 nitrogen and oxygen atoms in total. The zero-order valence-corrected chi connectivity index (χ0v) is 13.7. The highest BCUT2D eigenvalue weighted by Gasteiger charge is 2.25. The third kappa shape index (κ3) is 3.70. The van der Waals surface area contributed by atoms with Gasteiger partial charge >= 0.3 is 0 Å². The van der Waals surface area contributed by atoms with Crippen LogP contribution in [0.1, 0.15) is 20.3 Å². The molecule has 2 heterocycles. The van der Waals surface area contributed by atoms with Crippen LogP contribution in [-0.2, 0) is 4.79 Å². The van der Waals surface area contributed by atoms with Gasteiger partial charge in [-0.3, -0.25) is 9.78 Å². The summed E-state index contributed by atoms with van der Waals surface area (Å²) in [5, 5.41) is 4.70. The van der Waals surface area contributed by atoms with Crippen molar-refractivity contribution in [2.24, 2.45) is 5.92 Å². The number of fused-ring (bicyclic) bond motifs is 1. The highest BCUT2D eigenvalue weighted by molar-refractivity contribution is 5.91. The molecule has 1 saturated heterocycles. The van der Waals surface area contributed by atoms with Gasteiger partial charge in [0.15, 0.2) is 0 Å². The number of pyridine rings is 1. The van der Waals surface area contributed by atoms with E-state index in [-0.39, 0.29) is 11.9 Å². The molecule has 0 unspecified atom stereocenters. The summed E-state index contributed by atoms with van der Waals surface area (Å²) in [6, 6.07) is 10.4. The molecule has 0 saturated carbocycles. The van der Waals surface area contributed by atoms with Crippen molar-refractivity contribution >= 4 is 22.5 Å². The molecular weight excluding hydrogens is 286 g/mol. The predicted molar refractivity (Wildman–Crippen MR) is 94.3 cm³/mol. The van der Waals surface area contributed by atoms with Gasteiger partial charge in [-0.1, -0.05) is 38.1 Å². The van der Waals surface area contributed by atoms with Gasteiger partial charge < -0.3 is 10.2 Å². The van der Waals surface area contributed by atoms with Crippen LogP contribution in [0.25, 0.3) is 10.9 Å². The maximum atomic E-state index is 12.2. The molecule has 0 aliphatic carbocycles. The highest BCUT2D eigenvalue weighted by atomic mass is 16.2. The fourth-order valence-corrected chi connectivity index (χ4v) is 2.90. The topological polar surface area (TPSA) is 45.2 Å².